The molecule has 29 heavy (non-hydrogen) atoms. The molecule has 0 unspecified atom stereocenters. The van der Waals surface area contributed by atoms with Gasteiger partial charge in [0.25, 0.3) is 0 Å². The largest absolute Gasteiger partial charge is 0.456 e. The topological polar surface area (TPSA) is 9.23 Å². The zero-order chi connectivity index (χ0) is 20.2. The Morgan fingerprint density at radius 1 is 0.621 bits per heavy atom. The van der Waals surface area contributed by atoms with Gasteiger partial charge in [0.05, 0.1) is 0 Å². The zero-order valence-corrected chi connectivity index (χ0v) is 17.3. The first-order chi connectivity index (χ1) is 14.2. The summed E-state index contributed by atoms with van der Waals surface area (Å²) in [5, 5.41) is 0. The minimum atomic E-state index is 0.850. The van der Waals surface area contributed by atoms with E-state index in [2.05, 4.69) is 81.4 Å². The molecule has 0 bridgehead atoms. The molecule has 0 heterocycles. The lowest BCUT2D eigenvalue weighted by Gasteiger charge is -2.20. The van der Waals surface area contributed by atoms with Crippen LogP contribution in [-0.2, 0) is 6.42 Å². The van der Waals surface area contributed by atoms with E-state index in [4.69, 9.17) is 4.74 Å². The summed E-state index contributed by atoms with van der Waals surface area (Å²) in [5.41, 5.74) is 8.44. The number of aryl methyl sites for hydroxylation is 3. The van der Waals surface area contributed by atoms with Crippen molar-refractivity contribution < 1.29 is 4.74 Å². The highest BCUT2D eigenvalue weighted by Gasteiger charge is 2.18. The first-order valence-corrected chi connectivity index (χ1v) is 10.2. The number of benzene rings is 4. The molecule has 0 saturated carbocycles. The first-order valence-electron chi connectivity index (χ1n) is 10.2. The van der Waals surface area contributed by atoms with Gasteiger partial charge in [-0.15, -0.1) is 0 Å². The third-order valence-corrected chi connectivity index (χ3v) is 5.29. The molecule has 0 saturated heterocycles. The number of rotatable bonds is 5. The minimum Gasteiger partial charge on any atom is -0.456 e. The van der Waals surface area contributed by atoms with Gasteiger partial charge in [-0.25, -0.2) is 0 Å². The molecule has 0 aliphatic carbocycles. The Hall–Kier alpha value is -3.32. The lowest BCUT2D eigenvalue weighted by atomic mass is 9.91. The van der Waals surface area contributed by atoms with Gasteiger partial charge >= 0.3 is 0 Å². The van der Waals surface area contributed by atoms with Crippen LogP contribution in [0.1, 0.15) is 23.6 Å². The number of para-hydroxylation sites is 1. The van der Waals surface area contributed by atoms with Gasteiger partial charge in [-0.3, -0.25) is 0 Å². The summed E-state index contributed by atoms with van der Waals surface area (Å²) < 4.78 is 6.55. The molecular formula is C28H26O. The van der Waals surface area contributed by atoms with Crippen molar-refractivity contribution >= 4 is 0 Å². The maximum absolute atomic E-state index is 6.55. The minimum absolute atomic E-state index is 0.850. The fraction of sp³-hybridized carbons (Fsp3) is 0.143. The van der Waals surface area contributed by atoms with Crippen LogP contribution in [0.2, 0.25) is 0 Å². The highest BCUT2D eigenvalue weighted by Crippen LogP contribution is 2.44. The fourth-order valence-electron chi connectivity index (χ4n) is 3.63. The Bertz CT molecular complexity index is 1090. The highest BCUT2D eigenvalue weighted by molar-refractivity contribution is 5.85. The Balaban J connectivity index is 1.97. The van der Waals surface area contributed by atoms with E-state index < -0.39 is 0 Å². The number of hydrogen-bond acceptors (Lipinski definition) is 1. The average molecular weight is 379 g/mol. The van der Waals surface area contributed by atoms with Crippen LogP contribution in [0.3, 0.4) is 0 Å². The van der Waals surface area contributed by atoms with Gasteiger partial charge in [-0.2, -0.15) is 0 Å². The van der Waals surface area contributed by atoms with Crippen LogP contribution in [0.5, 0.6) is 11.5 Å². The van der Waals surface area contributed by atoms with Crippen molar-refractivity contribution in [3.63, 3.8) is 0 Å². The van der Waals surface area contributed by atoms with Gasteiger partial charge in [0.15, 0.2) is 0 Å². The quantitative estimate of drug-likeness (QED) is 0.342. The maximum atomic E-state index is 6.55. The lowest BCUT2D eigenvalue weighted by Crippen LogP contribution is -1.97. The molecule has 0 aliphatic rings. The highest BCUT2D eigenvalue weighted by atomic mass is 16.5. The van der Waals surface area contributed by atoms with Crippen molar-refractivity contribution in [2.24, 2.45) is 0 Å². The van der Waals surface area contributed by atoms with Crippen molar-refractivity contribution in [1.82, 2.24) is 0 Å². The van der Waals surface area contributed by atoms with Crippen LogP contribution >= 0.6 is 0 Å². The fourth-order valence-corrected chi connectivity index (χ4v) is 3.63. The second kappa shape index (κ2) is 8.36. The first kappa shape index (κ1) is 19.0. The zero-order valence-electron chi connectivity index (χ0n) is 17.3. The molecule has 4 aromatic rings. The van der Waals surface area contributed by atoms with E-state index in [-0.39, 0.29) is 0 Å². The summed E-state index contributed by atoms with van der Waals surface area (Å²) in [6, 6.07) is 31.9. The third kappa shape index (κ3) is 4.09. The molecule has 0 radical (unpaired) electrons. The maximum Gasteiger partial charge on any atom is 0.143 e. The van der Waals surface area contributed by atoms with Crippen LogP contribution in [0.15, 0.2) is 91.0 Å². The summed E-state index contributed by atoms with van der Waals surface area (Å²) in [5.74, 6) is 1.77. The molecule has 0 N–H and O–H groups in total. The van der Waals surface area contributed by atoms with E-state index in [1.54, 1.807) is 0 Å². The Kier molecular flexibility index (Phi) is 5.48. The molecule has 4 rings (SSSR count). The molecule has 0 aromatic heterocycles. The summed E-state index contributed by atoms with van der Waals surface area (Å²) in [4.78, 5) is 0. The summed E-state index contributed by atoms with van der Waals surface area (Å²) in [7, 11) is 0. The van der Waals surface area contributed by atoms with E-state index in [0.29, 0.717) is 0 Å². The Labute approximate surface area is 173 Å². The van der Waals surface area contributed by atoms with E-state index >= 15 is 0 Å². The molecule has 144 valence electrons. The van der Waals surface area contributed by atoms with Crippen LogP contribution in [-0.4, -0.2) is 0 Å². The Morgan fingerprint density at radius 3 is 1.79 bits per heavy atom. The molecule has 1 heteroatoms. The second-order valence-electron chi connectivity index (χ2n) is 7.48. The molecule has 0 amide bonds. The van der Waals surface area contributed by atoms with Crippen molar-refractivity contribution in [3.05, 3.63) is 108 Å². The van der Waals surface area contributed by atoms with Crippen molar-refractivity contribution in [2.75, 3.05) is 0 Å². The van der Waals surface area contributed by atoms with Gasteiger partial charge in [0.2, 0.25) is 0 Å². The van der Waals surface area contributed by atoms with Crippen LogP contribution < -0.4 is 4.74 Å². The molecular weight excluding hydrogens is 352 g/mol. The van der Waals surface area contributed by atoms with Crippen LogP contribution in [0.25, 0.3) is 22.3 Å². The van der Waals surface area contributed by atoms with E-state index in [1.165, 1.54) is 27.8 Å². The monoisotopic (exact) mass is 378 g/mol. The molecule has 0 aliphatic heterocycles. The molecule has 4 aromatic carbocycles. The smallest absolute Gasteiger partial charge is 0.143 e. The SMILES string of the molecule is CCc1ccc(-c2ccc(C)cc2)c(Oc2ccccc2)c1-c1ccc(C)cc1. The second-order valence-corrected chi connectivity index (χ2v) is 7.48. The van der Waals surface area contributed by atoms with Gasteiger partial charge in [0, 0.05) is 11.1 Å². The van der Waals surface area contributed by atoms with E-state index in [0.717, 1.165) is 29.0 Å². The van der Waals surface area contributed by atoms with Crippen LogP contribution in [0, 0.1) is 13.8 Å². The summed E-state index contributed by atoms with van der Waals surface area (Å²) in [6.45, 7) is 6.43. The van der Waals surface area contributed by atoms with Crippen molar-refractivity contribution in [2.45, 2.75) is 27.2 Å². The standard InChI is InChI=1S/C28H26O/c1-4-22-18-19-26(23-14-10-20(2)11-15-23)28(29-25-8-6-5-7-9-25)27(22)24-16-12-21(3)13-17-24/h5-19H,4H2,1-3H3. The number of ether oxygens (including phenoxy) is 1. The van der Waals surface area contributed by atoms with Crippen molar-refractivity contribution in [3.8, 4) is 33.8 Å². The van der Waals surface area contributed by atoms with Gasteiger partial charge in [-0.05, 0) is 49.1 Å². The predicted molar refractivity (Wildman–Crippen MR) is 123 cm³/mol. The summed E-state index contributed by atoms with van der Waals surface area (Å²) >= 11 is 0. The van der Waals surface area contributed by atoms with Gasteiger partial charge < -0.3 is 4.74 Å². The Morgan fingerprint density at radius 2 is 1.21 bits per heavy atom. The average Bonchev–Trinajstić information content (AvgIpc) is 2.76. The molecule has 0 spiro atoms. The van der Waals surface area contributed by atoms with Gasteiger partial charge in [0.1, 0.15) is 11.5 Å². The van der Waals surface area contributed by atoms with Gasteiger partial charge in [-0.1, -0.05) is 96.9 Å². The third-order valence-electron chi connectivity index (χ3n) is 5.29. The molecule has 0 fully saturated rings. The van der Waals surface area contributed by atoms with Crippen LogP contribution in [0.4, 0.5) is 0 Å². The molecule has 1 nitrogen and oxygen atoms in total. The normalized spacial score (nSPS) is 10.7. The number of hydrogen-bond donors (Lipinski definition) is 0. The predicted octanol–water partition coefficient (Wildman–Crippen LogP) is 7.99. The van der Waals surface area contributed by atoms with E-state index in [9.17, 15) is 0 Å². The lowest BCUT2D eigenvalue weighted by molar-refractivity contribution is 0.485. The van der Waals surface area contributed by atoms with E-state index in [1.807, 2.05) is 30.3 Å². The molecule has 0 atom stereocenters. The summed E-state index contributed by atoms with van der Waals surface area (Å²) in [6.07, 6.45) is 0.947. The van der Waals surface area contributed by atoms with Crippen molar-refractivity contribution in [1.29, 1.82) is 0 Å².